The topological polar surface area (TPSA) is 70.2 Å². The van der Waals surface area contributed by atoms with Gasteiger partial charge in [0, 0.05) is 54.4 Å². The molecule has 0 radical (unpaired) electrons. The number of hydrogen-bond donors (Lipinski definition) is 2. The Labute approximate surface area is 190 Å². The number of hydrogen-bond acceptors (Lipinski definition) is 5. The van der Waals surface area contributed by atoms with E-state index in [2.05, 4.69) is 32.4 Å². The Bertz CT molecular complexity index is 969. The predicted octanol–water partition coefficient (Wildman–Crippen LogP) is 5.00. The number of nitrogens with zero attached hydrogens (tertiary/aromatic N) is 3. The van der Waals surface area contributed by atoms with E-state index in [9.17, 15) is 18.0 Å². The standard InChI is InChI=1S/C22H27ClF3N5O/c1-4-5-19(32)30-21-20(14(3)22(24,25)26)16(6-7-28-21)17-10-15(23)11-18(29-17)31-9-8-27-13(2)12-31/h6-7,10-11,13-14,27H,4-5,8-9,12H2,1-3H3,(H,28,30,32). The van der Waals surface area contributed by atoms with Gasteiger partial charge in [0.15, 0.2) is 0 Å². The molecule has 3 heterocycles. The first-order chi connectivity index (χ1) is 15.1. The number of rotatable bonds is 6. The highest BCUT2D eigenvalue weighted by molar-refractivity contribution is 6.31. The molecule has 1 aliphatic heterocycles. The first-order valence-corrected chi connectivity index (χ1v) is 11.0. The third-order valence-electron chi connectivity index (χ3n) is 5.39. The van der Waals surface area contributed by atoms with Gasteiger partial charge in [0.05, 0.1) is 11.6 Å². The molecule has 0 bridgehead atoms. The van der Waals surface area contributed by atoms with Crippen LogP contribution in [0.4, 0.5) is 24.8 Å². The summed E-state index contributed by atoms with van der Waals surface area (Å²) in [5.41, 5.74) is 0.417. The summed E-state index contributed by atoms with van der Waals surface area (Å²) < 4.78 is 41.4. The number of anilines is 2. The van der Waals surface area contributed by atoms with Gasteiger partial charge in [-0.25, -0.2) is 9.97 Å². The summed E-state index contributed by atoms with van der Waals surface area (Å²) in [7, 11) is 0. The molecule has 0 spiro atoms. The molecular weight excluding hydrogens is 443 g/mol. The number of carbonyl (C=O) groups is 1. The average molecular weight is 470 g/mol. The molecule has 174 valence electrons. The van der Waals surface area contributed by atoms with E-state index < -0.39 is 12.1 Å². The van der Waals surface area contributed by atoms with Crippen molar-refractivity contribution in [2.24, 2.45) is 0 Å². The SMILES string of the molecule is CCCC(=O)Nc1nccc(-c2cc(Cl)cc(N3CCNC(C)C3)n2)c1C(C)C(F)(F)F. The van der Waals surface area contributed by atoms with Gasteiger partial charge in [0.25, 0.3) is 0 Å². The second kappa shape index (κ2) is 10.0. The summed E-state index contributed by atoms with van der Waals surface area (Å²) in [5, 5.41) is 6.26. The third kappa shape index (κ3) is 5.69. The molecule has 1 fully saturated rings. The molecular formula is C22H27ClF3N5O. The average Bonchev–Trinajstić information content (AvgIpc) is 2.72. The first-order valence-electron chi connectivity index (χ1n) is 10.6. The van der Waals surface area contributed by atoms with Gasteiger partial charge in [0.1, 0.15) is 11.6 Å². The Hall–Kier alpha value is -2.39. The van der Waals surface area contributed by atoms with E-state index in [1.807, 2.05) is 6.92 Å². The van der Waals surface area contributed by atoms with Gasteiger partial charge in [-0.1, -0.05) is 18.5 Å². The lowest BCUT2D eigenvalue weighted by atomic mass is 9.93. The summed E-state index contributed by atoms with van der Waals surface area (Å²) >= 11 is 6.35. The van der Waals surface area contributed by atoms with E-state index in [1.54, 1.807) is 6.07 Å². The zero-order valence-electron chi connectivity index (χ0n) is 18.3. The number of piperazine rings is 1. The van der Waals surface area contributed by atoms with Crippen molar-refractivity contribution in [3.8, 4) is 11.3 Å². The molecule has 2 unspecified atom stereocenters. The van der Waals surface area contributed by atoms with Gasteiger partial charge in [-0.05, 0) is 38.5 Å². The summed E-state index contributed by atoms with van der Waals surface area (Å²) in [4.78, 5) is 22.9. The summed E-state index contributed by atoms with van der Waals surface area (Å²) in [5.74, 6) is -1.77. The van der Waals surface area contributed by atoms with Crippen molar-refractivity contribution in [2.45, 2.75) is 51.7 Å². The number of alkyl halides is 3. The van der Waals surface area contributed by atoms with Crippen LogP contribution in [0.15, 0.2) is 24.4 Å². The normalized spacial score (nSPS) is 17.8. The van der Waals surface area contributed by atoms with E-state index in [0.717, 1.165) is 13.5 Å². The Kier molecular flexibility index (Phi) is 7.61. The molecule has 1 amide bonds. The van der Waals surface area contributed by atoms with Crippen LogP contribution >= 0.6 is 11.6 Å². The van der Waals surface area contributed by atoms with Crippen LogP contribution in [0.3, 0.4) is 0 Å². The second-order valence-electron chi connectivity index (χ2n) is 8.01. The molecule has 3 rings (SSSR count). The van der Waals surface area contributed by atoms with Gasteiger partial charge >= 0.3 is 6.18 Å². The predicted molar refractivity (Wildman–Crippen MR) is 120 cm³/mol. The maximum absolute atomic E-state index is 13.8. The highest BCUT2D eigenvalue weighted by Crippen LogP contribution is 2.42. The van der Waals surface area contributed by atoms with Gasteiger partial charge < -0.3 is 15.5 Å². The fraction of sp³-hybridized carbons (Fsp3) is 0.500. The molecule has 32 heavy (non-hydrogen) atoms. The maximum Gasteiger partial charge on any atom is 0.395 e. The quantitative estimate of drug-likeness (QED) is 0.623. The molecule has 1 aliphatic rings. The van der Waals surface area contributed by atoms with Crippen LogP contribution in [0.25, 0.3) is 11.3 Å². The minimum absolute atomic E-state index is 0.107. The lowest BCUT2D eigenvalue weighted by Gasteiger charge is -2.33. The second-order valence-corrected chi connectivity index (χ2v) is 8.45. The maximum atomic E-state index is 13.8. The van der Waals surface area contributed by atoms with Crippen molar-refractivity contribution < 1.29 is 18.0 Å². The Balaban J connectivity index is 2.11. The lowest BCUT2D eigenvalue weighted by molar-refractivity contribution is -0.146. The monoisotopic (exact) mass is 469 g/mol. The molecule has 2 N–H and O–H groups in total. The molecule has 0 aliphatic carbocycles. The van der Waals surface area contributed by atoms with E-state index in [-0.39, 0.29) is 35.3 Å². The number of carbonyl (C=O) groups excluding carboxylic acids is 1. The Morgan fingerprint density at radius 3 is 2.81 bits per heavy atom. The van der Waals surface area contributed by atoms with Gasteiger partial charge in [-0.2, -0.15) is 13.2 Å². The zero-order chi connectivity index (χ0) is 23.5. The van der Waals surface area contributed by atoms with Crippen LogP contribution < -0.4 is 15.5 Å². The largest absolute Gasteiger partial charge is 0.395 e. The molecule has 0 saturated carbocycles. The fourth-order valence-electron chi connectivity index (χ4n) is 3.74. The molecule has 2 atom stereocenters. The van der Waals surface area contributed by atoms with Crippen molar-refractivity contribution in [3.63, 3.8) is 0 Å². The van der Waals surface area contributed by atoms with Crippen LogP contribution in [-0.2, 0) is 4.79 Å². The first kappa shape index (κ1) is 24.3. The highest BCUT2D eigenvalue weighted by atomic mass is 35.5. The van der Waals surface area contributed by atoms with Gasteiger partial charge in [-0.15, -0.1) is 0 Å². The number of pyridine rings is 2. The van der Waals surface area contributed by atoms with Crippen LogP contribution in [0, 0.1) is 0 Å². The van der Waals surface area contributed by atoms with E-state index >= 15 is 0 Å². The molecule has 6 nitrogen and oxygen atoms in total. The minimum atomic E-state index is -4.53. The van der Waals surface area contributed by atoms with Gasteiger partial charge in [-0.3, -0.25) is 4.79 Å². The number of nitrogens with one attached hydrogen (secondary N) is 2. The summed E-state index contributed by atoms with van der Waals surface area (Å²) in [6.07, 6.45) is -2.40. The van der Waals surface area contributed by atoms with Crippen molar-refractivity contribution >= 4 is 29.1 Å². The molecule has 0 aromatic carbocycles. The molecule has 2 aromatic rings. The van der Waals surface area contributed by atoms with Crippen molar-refractivity contribution in [1.82, 2.24) is 15.3 Å². The van der Waals surface area contributed by atoms with Crippen LogP contribution in [-0.4, -0.2) is 47.7 Å². The minimum Gasteiger partial charge on any atom is -0.354 e. The van der Waals surface area contributed by atoms with Crippen molar-refractivity contribution in [2.75, 3.05) is 29.9 Å². The summed E-state index contributed by atoms with van der Waals surface area (Å²) in [6.45, 7) is 7.10. The van der Waals surface area contributed by atoms with Crippen LogP contribution in [0.2, 0.25) is 5.02 Å². The van der Waals surface area contributed by atoms with Crippen LogP contribution in [0.5, 0.6) is 0 Å². The highest BCUT2D eigenvalue weighted by Gasteiger charge is 2.40. The fourth-order valence-corrected chi connectivity index (χ4v) is 3.94. The van der Waals surface area contributed by atoms with Gasteiger partial charge in [0.2, 0.25) is 5.91 Å². The van der Waals surface area contributed by atoms with E-state index in [0.29, 0.717) is 36.0 Å². The summed E-state index contributed by atoms with van der Waals surface area (Å²) in [6, 6.07) is 4.97. The van der Waals surface area contributed by atoms with Crippen LogP contribution in [0.1, 0.15) is 45.1 Å². The van der Waals surface area contributed by atoms with E-state index in [1.165, 1.54) is 18.3 Å². The number of aromatic nitrogens is 2. The van der Waals surface area contributed by atoms with Crippen molar-refractivity contribution in [3.05, 3.63) is 35.0 Å². The number of amides is 1. The van der Waals surface area contributed by atoms with Crippen molar-refractivity contribution in [1.29, 1.82) is 0 Å². The Morgan fingerprint density at radius 2 is 2.16 bits per heavy atom. The lowest BCUT2D eigenvalue weighted by Crippen LogP contribution is -2.49. The molecule has 1 saturated heterocycles. The van der Waals surface area contributed by atoms with E-state index in [4.69, 9.17) is 11.6 Å². The third-order valence-corrected chi connectivity index (χ3v) is 5.61. The molecule has 2 aromatic heterocycles. The number of halogens is 4. The Morgan fingerprint density at radius 1 is 1.41 bits per heavy atom. The molecule has 10 heteroatoms. The zero-order valence-corrected chi connectivity index (χ0v) is 19.0. The smallest absolute Gasteiger partial charge is 0.354 e.